The summed E-state index contributed by atoms with van der Waals surface area (Å²) < 4.78 is 1.92. The molecule has 0 atom stereocenters. The van der Waals surface area contributed by atoms with Gasteiger partial charge in [0.05, 0.1) is 11.9 Å². The van der Waals surface area contributed by atoms with E-state index in [-0.39, 0.29) is 24.8 Å². The van der Waals surface area contributed by atoms with Gasteiger partial charge in [-0.2, -0.15) is 0 Å². The van der Waals surface area contributed by atoms with Gasteiger partial charge in [0.2, 0.25) is 0 Å². The number of anilines is 1. The van der Waals surface area contributed by atoms with E-state index in [4.69, 9.17) is 0 Å². The highest BCUT2D eigenvalue weighted by atomic mass is 35.5. The van der Waals surface area contributed by atoms with Crippen molar-refractivity contribution in [2.45, 2.75) is 45.4 Å². The Morgan fingerprint density at radius 3 is 2.73 bits per heavy atom. The molecule has 1 aliphatic heterocycles. The van der Waals surface area contributed by atoms with Crippen LogP contribution in [0.5, 0.6) is 0 Å². The number of rotatable bonds is 9. The average Bonchev–Trinajstić information content (AvgIpc) is 3.25. The zero-order chi connectivity index (χ0) is 16.6. The molecular weight excluding hydrogens is 369 g/mol. The van der Waals surface area contributed by atoms with Gasteiger partial charge in [0.25, 0.3) is 0 Å². The number of hydrogen-bond donors (Lipinski definition) is 1. The van der Waals surface area contributed by atoms with Gasteiger partial charge < -0.3 is 10.2 Å². The summed E-state index contributed by atoms with van der Waals surface area (Å²) in [6.45, 7) is 6.91. The summed E-state index contributed by atoms with van der Waals surface area (Å²) >= 11 is 0. The highest BCUT2D eigenvalue weighted by Gasteiger charge is 2.10. The Morgan fingerprint density at radius 2 is 1.96 bits per heavy atom. The van der Waals surface area contributed by atoms with Crippen LogP contribution in [0, 0.1) is 0 Å². The molecule has 0 aliphatic carbocycles. The third-order valence-corrected chi connectivity index (χ3v) is 4.56. The quantitative estimate of drug-likeness (QED) is 0.621. The first-order valence-corrected chi connectivity index (χ1v) is 9.34. The molecule has 1 saturated heterocycles. The molecule has 0 bridgehead atoms. The zero-order valence-electron chi connectivity index (χ0n) is 15.6. The molecule has 5 nitrogen and oxygen atoms in total. The lowest BCUT2D eigenvalue weighted by Crippen LogP contribution is -2.22. The Hall–Kier alpha value is -1.30. The van der Waals surface area contributed by atoms with Crippen LogP contribution in [0.3, 0.4) is 0 Å². The van der Waals surface area contributed by atoms with E-state index < -0.39 is 0 Å². The van der Waals surface area contributed by atoms with Gasteiger partial charge in [-0.15, -0.1) is 29.9 Å². The summed E-state index contributed by atoms with van der Waals surface area (Å²) in [5.41, 5.74) is 1.94. The minimum absolute atomic E-state index is 0. The number of nitrogens with one attached hydrogen (secondary N) is 1. The van der Waals surface area contributed by atoms with Gasteiger partial charge in [-0.05, 0) is 63.5 Å². The number of unbranched alkanes of at least 4 members (excludes halogenated alkanes) is 2. The van der Waals surface area contributed by atoms with Crippen molar-refractivity contribution in [3.05, 3.63) is 30.1 Å². The number of halogens is 2. The first-order chi connectivity index (χ1) is 11.9. The fraction of sp³-hybridized carbons (Fsp3) is 0.579. The second-order valence-electron chi connectivity index (χ2n) is 6.55. The number of fused-ring (bicyclic) bond motifs is 1. The minimum Gasteiger partial charge on any atom is -0.369 e. The Balaban J connectivity index is 0.00000169. The molecule has 3 rings (SSSR count). The summed E-state index contributed by atoms with van der Waals surface area (Å²) in [6.07, 6.45) is 13.7. The molecule has 0 spiro atoms. The van der Waals surface area contributed by atoms with Gasteiger partial charge >= 0.3 is 0 Å². The highest BCUT2D eigenvalue weighted by Crippen LogP contribution is 2.12. The molecule has 0 amide bonds. The maximum atomic E-state index is 4.68. The molecular formula is C19H31Cl2N5. The van der Waals surface area contributed by atoms with Gasteiger partial charge in [0.15, 0.2) is 5.65 Å². The standard InChI is InChI=1S/C19H29N5.2ClH/c1-2-3-4-5-9-17-16-21-19-11-10-18(22-24(17)19)20-12-8-15-23-13-6-7-14-23;;/h5,9-11,16H,2-4,6-8,12-15H2,1H3,(H,20,22);2*1H. The van der Waals surface area contributed by atoms with Crippen LogP contribution >= 0.6 is 24.8 Å². The maximum Gasteiger partial charge on any atom is 0.154 e. The lowest BCUT2D eigenvalue weighted by molar-refractivity contribution is 0.337. The molecule has 0 aromatic carbocycles. The number of imidazole rings is 1. The normalized spacial score (nSPS) is 14.5. The fourth-order valence-corrected chi connectivity index (χ4v) is 3.15. The van der Waals surface area contributed by atoms with Crippen molar-refractivity contribution in [1.82, 2.24) is 19.5 Å². The van der Waals surface area contributed by atoms with E-state index in [1.165, 1.54) is 45.3 Å². The Morgan fingerprint density at radius 1 is 1.15 bits per heavy atom. The number of nitrogens with zero attached hydrogens (tertiary/aromatic N) is 4. The predicted molar refractivity (Wildman–Crippen MR) is 115 cm³/mol. The molecule has 0 saturated carbocycles. The fourth-order valence-electron chi connectivity index (χ4n) is 3.15. The molecule has 2 aromatic heterocycles. The summed E-state index contributed by atoms with van der Waals surface area (Å²) in [6, 6.07) is 4.04. The molecule has 1 N–H and O–H groups in total. The maximum absolute atomic E-state index is 4.68. The second kappa shape index (κ2) is 12.2. The number of aromatic nitrogens is 3. The van der Waals surface area contributed by atoms with Gasteiger partial charge in [-0.1, -0.05) is 25.8 Å². The van der Waals surface area contributed by atoms with Crippen molar-refractivity contribution in [3.63, 3.8) is 0 Å². The molecule has 0 radical (unpaired) electrons. The molecule has 3 heterocycles. The third kappa shape index (κ3) is 6.45. The van der Waals surface area contributed by atoms with Crippen molar-refractivity contribution >= 4 is 42.4 Å². The van der Waals surface area contributed by atoms with Crippen molar-refractivity contribution < 1.29 is 0 Å². The van der Waals surface area contributed by atoms with Crippen LogP contribution < -0.4 is 5.32 Å². The molecule has 146 valence electrons. The lowest BCUT2D eigenvalue weighted by Gasteiger charge is -2.14. The third-order valence-electron chi connectivity index (χ3n) is 4.56. The van der Waals surface area contributed by atoms with E-state index in [0.717, 1.165) is 36.5 Å². The van der Waals surface area contributed by atoms with Crippen LogP contribution in [0.25, 0.3) is 11.7 Å². The summed E-state index contributed by atoms with van der Waals surface area (Å²) in [5, 5.41) is 8.13. The molecule has 26 heavy (non-hydrogen) atoms. The summed E-state index contributed by atoms with van der Waals surface area (Å²) in [5.74, 6) is 0.921. The van der Waals surface area contributed by atoms with Gasteiger partial charge in [0.1, 0.15) is 5.82 Å². The average molecular weight is 400 g/mol. The SMILES string of the molecule is CCCCC=Cc1cnc2ccc(NCCCN3CCCC3)nn12.Cl.Cl. The summed E-state index contributed by atoms with van der Waals surface area (Å²) in [4.78, 5) is 6.97. The second-order valence-corrected chi connectivity index (χ2v) is 6.55. The molecule has 2 aromatic rings. The van der Waals surface area contributed by atoms with Crippen molar-refractivity contribution in [2.24, 2.45) is 0 Å². The van der Waals surface area contributed by atoms with Crippen LogP contribution in [0.2, 0.25) is 0 Å². The number of allylic oxidation sites excluding steroid dienone is 1. The first kappa shape index (κ1) is 22.7. The van der Waals surface area contributed by atoms with Crippen LogP contribution in [0.15, 0.2) is 24.4 Å². The van der Waals surface area contributed by atoms with Crippen LogP contribution in [0.4, 0.5) is 5.82 Å². The van der Waals surface area contributed by atoms with Crippen LogP contribution in [-0.2, 0) is 0 Å². The van der Waals surface area contributed by atoms with Gasteiger partial charge in [-0.25, -0.2) is 9.50 Å². The topological polar surface area (TPSA) is 45.5 Å². The van der Waals surface area contributed by atoms with Crippen LogP contribution in [-0.4, -0.2) is 45.7 Å². The van der Waals surface area contributed by atoms with E-state index in [9.17, 15) is 0 Å². The Labute approximate surface area is 169 Å². The van der Waals surface area contributed by atoms with E-state index in [1.54, 1.807) is 0 Å². The first-order valence-electron chi connectivity index (χ1n) is 9.34. The van der Waals surface area contributed by atoms with E-state index in [2.05, 4.69) is 39.4 Å². The van der Waals surface area contributed by atoms with Crippen LogP contribution in [0.1, 0.15) is 51.1 Å². The molecule has 7 heteroatoms. The van der Waals surface area contributed by atoms with E-state index in [1.807, 2.05) is 22.8 Å². The van der Waals surface area contributed by atoms with Gasteiger partial charge in [0, 0.05) is 6.54 Å². The molecule has 1 aliphatic rings. The predicted octanol–water partition coefficient (Wildman–Crippen LogP) is 4.67. The van der Waals surface area contributed by atoms with E-state index in [0.29, 0.717) is 0 Å². The highest BCUT2D eigenvalue weighted by molar-refractivity contribution is 5.85. The number of likely N-dealkylation sites (tertiary alicyclic amines) is 1. The smallest absolute Gasteiger partial charge is 0.154 e. The van der Waals surface area contributed by atoms with Crippen molar-refractivity contribution in [3.8, 4) is 0 Å². The minimum atomic E-state index is 0. The molecule has 1 fully saturated rings. The largest absolute Gasteiger partial charge is 0.369 e. The van der Waals surface area contributed by atoms with E-state index >= 15 is 0 Å². The number of hydrogen-bond acceptors (Lipinski definition) is 4. The monoisotopic (exact) mass is 399 g/mol. The lowest BCUT2D eigenvalue weighted by atomic mass is 10.2. The molecule has 0 unspecified atom stereocenters. The zero-order valence-corrected chi connectivity index (χ0v) is 17.2. The Kier molecular flexibility index (Phi) is 10.6. The van der Waals surface area contributed by atoms with Crippen molar-refractivity contribution in [2.75, 3.05) is 31.5 Å². The summed E-state index contributed by atoms with van der Waals surface area (Å²) in [7, 11) is 0. The van der Waals surface area contributed by atoms with Crippen molar-refractivity contribution in [1.29, 1.82) is 0 Å². The van der Waals surface area contributed by atoms with Gasteiger partial charge in [-0.3, -0.25) is 0 Å². The Bertz CT molecular complexity index is 665.